The molecule has 0 aromatic carbocycles. The van der Waals surface area contributed by atoms with Gasteiger partial charge < -0.3 is 9.47 Å². The largest absolute Gasteiger partial charge is 0.469 e. The minimum absolute atomic E-state index is 0.220. The molecular weight excluding hydrogens is 234 g/mol. The van der Waals surface area contributed by atoms with Crippen LogP contribution in [0.15, 0.2) is 18.3 Å². The Bertz CT molecular complexity index is 431. The fourth-order valence-corrected chi connectivity index (χ4v) is 1.61. The number of methoxy groups -OCH3 is 2. The van der Waals surface area contributed by atoms with E-state index >= 15 is 0 Å². The molecule has 0 radical (unpaired) electrons. The zero-order valence-corrected chi connectivity index (χ0v) is 10.8. The van der Waals surface area contributed by atoms with Gasteiger partial charge in [0.15, 0.2) is 0 Å². The molecular formula is C13H17NO4. The average Bonchev–Trinajstić information content (AvgIpc) is 2.43. The summed E-state index contributed by atoms with van der Waals surface area (Å²) in [5, 5.41) is 0. The molecule has 0 saturated heterocycles. The van der Waals surface area contributed by atoms with E-state index in [1.807, 2.05) is 0 Å². The van der Waals surface area contributed by atoms with E-state index in [1.54, 1.807) is 25.3 Å². The summed E-state index contributed by atoms with van der Waals surface area (Å²) in [6, 6.07) is 3.34. The Morgan fingerprint density at radius 3 is 2.67 bits per heavy atom. The smallest absolute Gasteiger partial charge is 0.339 e. The highest BCUT2D eigenvalue weighted by molar-refractivity contribution is 5.90. The van der Waals surface area contributed by atoms with Crippen LogP contribution in [0.4, 0.5) is 0 Å². The van der Waals surface area contributed by atoms with Crippen LogP contribution in [0.3, 0.4) is 0 Å². The lowest BCUT2D eigenvalue weighted by molar-refractivity contribution is -0.145. The molecule has 98 valence electrons. The molecule has 1 aromatic rings. The second-order valence-corrected chi connectivity index (χ2v) is 3.95. The molecule has 0 spiro atoms. The van der Waals surface area contributed by atoms with Crippen LogP contribution in [0.25, 0.3) is 0 Å². The Morgan fingerprint density at radius 2 is 2.06 bits per heavy atom. The number of ether oxygens (including phenoxy) is 2. The monoisotopic (exact) mass is 251 g/mol. The number of hydrogen-bond donors (Lipinski definition) is 0. The van der Waals surface area contributed by atoms with E-state index in [4.69, 9.17) is 0 Å². The van der Waals surface area contributed by atoms with Crippen LogP contribution in [0.2, 0.25) is 0 Å². The summed E-state index contributed by atoms with van der Waals surface area (Å²) in [5.74, 6) is -0.892. The van der Waals surface area contributed by atoms with Gasteiger partial charge in [-0.15, -0.1) is 0 Å². The lowest BCUT2D eigenvalue weighted by Gasteiger charge is -2.10. The molecule has 0 saturated carbocycles. The van der Waals surface area contributed by atoms with Crippen molar-refractivity contribution in [2.75, 3.05) is 14.2 Å². The Kier molecular flexibility index (Phi) is 5.30. The quantitative estimate of drug-likeness (QED) is 0.744. The predicted molar refractivity (Wildman–Crippen MR) is 65.1 cm³/mol. The molecule has 18 heavy (non-hydrogen) atoms. The maximum absolute atomic E-state index is 11.5. The third-order valence-corrected chi connectivity index (χ3v) is 2.71. The van der Waals surface area contributed by atoms with Crippen LogP contribution in [0.5, 0.6) is 0 Å². The van der Waals surface area contributed by atoms with Crippen molar-refractivity contribution < 1.29 is 19.1 Å². The topological polar surface area (TPSA) is 65.5 Å². The first-order valence-corrected chi connectivity index (χ1v) is 5.70. The number of aryl methyl sites for hydroxylation is 1. The molecule has 0 bridgehead atoms. The molecule has 1 atom stereocenters. The highest BCUT2D eigenvalue weighted by atomic mass is 16.5. The number of rotatable bonds is 5. The van der Waals surface area contributed by atoms with Gasteiger partial charge in [-0.3, -0.25) is 9.78 Å². The van der Waals surface area contributed by atoms with E-state index in [1.165, 1.54) is 14.2 Å². The zero-order valence-electron chi connectivity index (χ0n) is 10.8. The van der Waals surface area contributed by atoms with Gasteiger partial charge in [-0.1, -0.05) is 6.92 Å². The third-order valence-electron chi connectivity index (χ3n) is 2.71. The van der Waals surface area contributed by atoms with Crippen molar-refractivity contribution in [3.05, 3.63) is 29.6 Å². The van der Waals surface area contributed by atoms with Crippen molar-refractivity contribution in [1.29, 1.82) is 0 Å². The fraction of sp³-hybridized carbons (Fsp3) is 0.462. The van der Waals surface area contributed by atoms with E-state index in [-0.39, 0.29) is 11.9 Å². The number of nitrogens with zero attached hydrogens (tertiary/aromatic N) is 1. The molecule has 1 heterocycles. The van der Waals surface area contributed by atoms with Crippen molar-refractivity contribution in [2.45, 2.75) is 19.8 Å². The first kappa shape index (κ1) is 14.2. The second kappa shape index (κ2) is 6.74. The lowest BCUT2D eigenvalue weighted by Crippen LogP contribution is -2.15. The van der Waals surface area contributed by atoms with Crippen LogP contribution >= 0.6 is 0 Å². The molecule has 1 aromatic heterocycles. The Morgan fingerprint density at radius 1 is 1.33 bits per heavy atom. The van der Waals surface area contributed by atoms with Gasteiger partial charge in [-0.25, -0.2) is 4.79 Å². The summed E-state index contributed by atoms with van der Waals surface area (Å²) >= 11 is 0. The molecule has 0 unspecified atom stereocenters. The Hall–Kier alpha value is -1.91. The predicted octanol–water partition coefficient (Wildman–Crippen LogP) is 1.61. The molecule has 0 aliphatic carbocycles. The van der Waals surface area contributed by atoms with Crippen LogP contribution in [0, 0.1) is 5.92 Å². The first-order chi connectivity index (χ1) is 8.60. The summed E-state index contributed by atoms with van der Waals surface area (Å²) in [6.07, 6.45) is 2.72. The summed E-state index contributed by atoms with van der Waals surface area (Å²) in [7, 11) is 2.69. The van der Waals surface area contributed by atoms with Gasteiger partial charge in [0, 0.05) is 6.20 Å². The number of esters is 2. The SMILES string of the molecule is COC(=O)c1cccnc1CC[C@@H](C)C(=O)OC. The number of hydrogen-bond acceptors (Lipinski definition) is 5. The molecule has 1 rings (SSSR count). The van der Waals surface area contributed by atoms with E-state index in [9.17, 15) is 9.59 Å². The highest BCUT2D eigenvalue weighted by Gasteiger charge is 2.16. The van der Waals surface area contributed by atoms with Gasteiger partial charge in [0.1, 0.15) is 0 Å². The van der Waals surface area contributed by atoms with Gasteiger partial charge in [0.25, 0.3) is 0 Å². The Labute approximate surface area is 106 Å². The van der Waals surface area contributed by atoms with Crippen LogP contribution < -0.4 is 0 Å². The minimum atomic E-state index is -0.413. The standard InChI is InChI=1S/C13H17NO4/c1-9(12(15)17-2)6-7-11-10(13(16)18-3)5-4-8-14-11/h4-5,8-9H,6-7H2,1-3H3/t9-/m1/s1. The van der Waals surface area contributed by atoms with Gasteiger partial charge in [-0.2, -0.15) is 0 Å². The Balaban J connectivity index is 2.73. The maximum atomic E-state index is 11.5. The molecule has 0 aliphatic rings. The molecule has 0 amide bonds. The van der Waals surface area contributed by atoms with Gasteiger partial charge in [0.2, 0.25) is 0 Å². The zero-order chi connectivity index (χ0) is 13.5. The summed E-state index contributed by atoms with van der Waals surface area (Å²) in [4.78, 5) is 26.9. The molecule has 0 fully saturated rings. The molecule has 0 N–H and O–H groups in total. The number of aromatic nitrogens is 1. The number of carbonyl (C=O) groups excluding carboxylic acids is 2. The van der Waals surface area contributed by atoms with Gasteiger partial charge in [0.05, 0.1) is 31.4 Å². The summed E-state index contributed by atoms with van der Waals surface area (Å²) < 4.78 is 9.33. The highest BCUT2D eigenvalue weighted by Crippen LogP contribution is 2.13. The van der Waals surface area contributed by atoms with Crippen molar-refractivity contribution >= 4 is 11.9 Å². The number of carbonyl (C=O) groups is 2. The van der Waals surface area contributed by atoms with Crippen molar-refractivity contribution in [3.63, 3.8) is 0 Å². The third kappa shape index (κ3) is 3.55. The second-order valence-electron chi connectivity index (χ2n) is 3.95. The maximum Gasteiger partial charge on any atom is 0.339 e. The average molecular weight is 251 g/mol. The number of pyridine rings is 1. The van der Waals surface area contributed by atoms with E-state index < -0.39 is 5.97 Å². The van der Waals surface area contributed by atoms with E-state index in [0.717, 1.165) is 0 Å². The summed E-state index contributed by atoms with van der Waals surface area (Å²) in [6.45, 7) is 1.78. The molecule has 5 nitrogen and oxygen atoms in total. The van der Waals surface area contributed by atoms with Crippen LogP contribution in [-0.4, -0.2) is 31.1 Å². The van der Waals surface area contributed by atoms with Crippen molar-refractivity contribution in [3.8, 4) is 0 Å². The van der Waals surface area contributed by atoms with E-state index in [0.29, 0.717) is 24.1 Å². The fourth-order valence-electron chi connectivity index (χ4n) is 1.61. The van der Waals surface area contributed by atoms with E-state index in [2.05, 4.69) is 14.5 Å². The van der Waals surface area contributed by atoms with Gasteiger partial charge in [-0.05, 0) is 25.0 Å². The van der Waals surface area contributed by atoms with Crippen molar-refractivity contribution in [2.24, 2.45) is 5.92 Å². The minimum Gasteiger partial charge on any atom is -0.469 e. The van der Waals surface area contributed by atoms with Crippen LogP contribution in [-0.2, 0) is 20.7 Å². The molecule has 5 heteroatoms. The molecule has 0 aliphatic heterocycles. The van der Waals surface area contributed by atoms with Crippen LogP contribution in [0.1, 0.15) is 29.4 Å². The lowest BCUT2D eigenvalue weighted by atomic mass is 10.0. The van der Waals surface area contributed by atoms with Crippen molar-refractivity contribution in [1.82, 2.24) is 4.98 Å². The normalized spacial score (nSPS) is 11.7. The summed E-state index contributed by atoms with van der Waals surface area (Å²) in [5.41, 5.74) is 1.08. The first-order valence-electron chi connectivity index (χ1n) is 5.70. The van der Waals surface area contributed by atoms with Gasteiger partial charge >= 0.3 is 11.9 Å².